The van der Waals surface area contributed by atoms with E-state index >= 15 is 0 Å². The molecule has 0 aliphatic carbocycles. The van der Waals surface area contributed by atoms with Crippen LogP contribution in [0.4, 0.5) is 4.39 Å². The first-order valence-corrected chi connectivity index (χ1v) is 11.2. The molecule has 0 bridgehead atoms. The number of nitrogens with one attached hydrogen (secondary N) is 1. The fourth-order valence-electron chi connectivity index (χ4n) is 1.82. The molecule has 3 rings (SSSR count). The van der Waals surface area contributed by atoms with E-state index in [1.54, 1.807) is 35.2 Å². The Bertz CT molecular complexity index is 867. The van der Waals surface area contributed by atoms with E-state index in [-0.39, 0.29) is 11.7 Å². The highest BCUT2D eigenvalue weighted by atomic mass is 32.2. The van der Waals surface area contributed by atoms with Crippen LogP contribution in [-0.4, -0.2) is 32.1 Å². The lowest BCUT2D eigenvalue weighted by Gasteiger charge is -2.02. The zero-order valence-electron chi connectivity index (χ0n) is 13.6. The van der Waals surface area contributed by atoms with E-state index in [1.807, 2.05) is 0 Å². The van der Waals surface area contributed by atoms with Crippen LogP contribution in [0.1, 0.15) is 27.3 Å². The molecular weight excluding hydrogens is 413 g/mol. The molecule has 1 N–H and O–H groups in total. The van der Waals surface area contributed by atoms with Crippen molar-refractivity contribution in [2.45, 2.75) is 27.9 Å². The molecule has 0 saturated heterocycles. The maximum Gasteiger partial charge on any atom is 0.282 e. The second-order valence-electron chi connectivity index (χ2n) is 4.87. The van der Waals surface area contributed by atoms with Gasteiger partial charge in [0.1, 0.15) is 10.8 Å². The number of rotatable bonds is 8. The molecule has 0 aliphatic heterocycles. The van der Waals surface area contributed by atoms with Gasteiger partial charge in [-0.15, -0.1) is 20.4 Å². The lowest BCUT2D eigenvalue weighted by molar-refractivity contribution is 0.0950. The van der Waals surface area contributed by atoms with Gasteiger partial charge in [-0.2, -0.15) is 0 Å². The summed E-state index contributed by atoms with van der Waals surface area (Å²) in [4.78, 5) is 12.1. The largest absolute Gasteiger partial charge is 0.346 e. The van der Waals surface area contributed by atoms with E-state index in [0.717, 1.165) is 25.0 Å². The van der Waals surface area contributed by atoms with Crippen LogP contribution < -0.4 is 5.32 Å². The summed E-state index contributed by atoms with van der Waals surface area (Å²) in [6.45, 7) is 2.38. The average Bonchev–Trinajstić information content (AvgIpc) is 3.29. The standard InChI is InChI=1S/C15H14FN5OS4/c1-2-23-14-20-21-15(26-14)24-8-11-18-19-13(25-11)12(22)17-7-9-3-5-10(16)6-4-9/h3-6H,2,7-8H2,1H3,(H,17,22). The van der Waals surface area contributed by atoms with Crippen molar-refractivity contribution >= 4 is 52.1 Å². The number of carbonyl (C=O) groups is 1. The number of halogens is 1. The van der Waals surface area contributed by atoms with Crippen molar-refractivity contribution < 1.29 is 9.18 Å². The summed E-state index contributed by atoms with van der Waals surface area (Å²) < 4.78 is 14.7. The molecule has 0 aliphatic rings. The van der Waals surface area contributed by atoms with Crippen molar-refractivity contribution in [2.24, 2.45) is 0 Å². The lowest BCUT2D eigenvalue weighted by Crippen LogP contribution is -2.22. The molecule has 0 radical (unpaired) electrons. The van der Waals surface area contributed by atoms with Crippen molar-refractivity contribution in [3.05, 3.63) is 45.7 Å². The highest BCUT2D eigenvalue weighted by Crippen LogP contribution is 2.31. The third-order valence-electron chi connectivity index (χ3n) is 3.00. The molecule has 2 aromatic heterocycles. The van der Waals surface area contributed by atoms with E-state index in [4.69, 9.17) is 0 Å². The zero-order valence-corrected chi connectivity index (χ0v) is 16.9. The summed E-state index contributed by atoms with van der Waals surface area (Å²) in [5.74, 6) is 0.961. The lowest BCUT2D eigenvalue weighted by atomic mass is 10.2. The smallest absolute Gasteiger partial charge is 0.282 e. The molecule has 136 valence electrons. The van der Waals surface area contributed by atoms with E-state index in [9.17, 15) is 9.18 Å². The topological polar surface area (TPSA) is 80.7 Å². The van der Waals surface area contributed by atoms with E-state index in [2.05, 4.69) is 32.6 Å². The molecule has 11 heteroatoms. The van der Waals surface area contributed by atoms with Gasteiger partial charge in [0.05, 0.1) is 5.75 Å². The number of thioether (sulfide) groups is 2. The summed E-state index contributed by atoms with van der Waals surface area (Å²) >= 11 is 5.99. The van der Waals surface area contributed by atoms with Crippen LogP contribution in [-0.2, 0) is 12.3 Å². The van der Waals surface area contributed by atoms with Crippen molar-refractivity contribution in [2.75, 3.05) is 5.75 Å². The number of nitrogens with zero attached hydrogens (tertiary/aromatic N) is 4. The van der Waals surface area contributed by atoms with E-state index < -0.39 is 0 Å². The van der Waals surface area contributed by atoms with Gasteiger partial charge in [-0.05, 0) is 23.4 Å². The van der Waals surface area contributed by atoms with Gasteiger partial charge in [0.2, 0.25) is 5.01 Å². The molecule has 0 atom stereocenters. The van der Waals surface area contributed by atoms with Crippen LogP contribution in [0.2, 0.25) is 0 Å². The molecule has 1 aromatic carbocycles. The number of aromatic nitrogens is 4. The molecule has 26 heavy (non-hydrogen) atoms. The Labute approximate surface area is 166 Å². The van der Waals surface area contributed by atoms with Gasteiger partial charge < -0.3 is 5.32 Å². The fourth-order valence-corrected chi connectivity index (χ4v) is 5.48. The molecule has 0 spiro atoms. The zero-order chi connectivity index (χ0) is 18.4. The molecule has 0 saturated carbocycles. The quantitative estimate of drug-likeness (QED) is 0.547. The Morgan fingerprint density at radius 1 is 1.08 bits per heavy atom. The molecule has 6 nitrogen and oxygen atoms in total. The summed E-state index contributed by atoms with van der Waals surface area (Å²) in [5, 5.41) is 20.0. The Morgan fingerprint density at radius 2 is 1.81 bits per heavy atom. The minimum absolute atomic E-state index is 0.291. The average molecular weight is 428 g/mol. The van der Waals surface area contributed by atoms with Gasteiger partial charge in [0.15, 0.2) is 8.68 Å². The van der Waals surface area contributed by atoms with Crippen molar-refractivity contribution in [1.82, 2.24) is 25.7 Å². The fraction of sp³-hybridized carbons (Fsp3) is 0.267. The maximum absolute atomic E-state index is 12.9. The molecular formula is C15H14FN5OS4. The Hall–Kier alpha value is -1.56. The summed E-state index contributed by atoms with van der Waals surface area (Å²) in [7, 11) is 0. The first kappa shape index (κ1) is 19.2. The maximum atomic E-state index is 12.9. The van der Waals surface area contributed by atoms with Crippen LogP contribution in [0.25, 0.3) is 0 Å². The number of hydrogen-bond acceptors (Lipinski definition) is 9. The van der Waals surface area contributed by atoms with Gasteiger partial charge in [-0.1, -0.05) is 65.3 Å². The third kappa shape index (κ3) is 5.47. The van der Waals surface area contributed by atoms with Crippen molar-refractivity contribution in [3.63, 3.8) is 0 Å². The van der Waals surface area contributed by atoms with Crippen LogP contribution in [0.5, 0.6) is 0 Å². The summed E-state index contributed by atoms with van der Waals surface area (Å²) in [6.07, 6.45) is 0. The van der Waals surface area contributed by atoms with Crippen molar-refractivity contribution in [1.29, 1.82) is 0 Å². The van der Waals surface area contributed by atoms with E-state index in [0.29, 0.717) is 17.3 Å². The first-order valence-electron chi connectivity index (χ1n) is 7.58. The monoisotopic (exact) mass is 427 g/mol. The number of hydrogen-bond donors (Lipinski definition) is 1. The molecule has 2 heterocycles. The van der Waals surface area contributed by atoms with Crippen LogP contribution in [0.15, 0.2) is 32.9 Å². The van der Waals surface area contributed by atoms with Gasteiger partial charge in [-0.25, -0.2) is 4.39 Å². The Balaban J connectivity index is 1.49. The highest BCUT2D eigenvalue weighted by Gasteiger charge is 2.14. The summed E-state index contributed by atoms with van der Waals surface area (Å²) in [6, 6.07) is 5.98. The highest BCUT2D eigenvalue weighted by molar-refractivity contribution is 8.02. The van der Waals surface area contributed by atoms with Gasteiger partial charge in [-0.3, -0.25) is 4.79 Å². The van der Waals surface area contributed by atoms with Crippen LogP contribution in [0.3, 0.4) is 0 Å². The minimum atomic E-state index is -0.304. The van der Waals surface area contributed by atoms with Crippen LogP contribution >= 0.6 is 46.2 Å². The molecule has 3 aromatic rings. The second-order valence-corrected chi connectivity index (χ2v) is 9.64. The summed E-state index contributed by atoms with van der Waals surface area (Å²) in [5.41, 5.74) is 0.817. The van der Waals surface area contributed by atoms with Crippen LogP contribution in [0, 0.1) is 5.82 Å². The van der Waals surface area contributed by atoms with Gasteiger partial charge in [0, 0.05) is 6.54 Å². The number of amides is 1. The van der Waals surface area contributed by atoms with Gasteiger partial charge >= 0.3 is 0 Å². The van der Waals surface area contributed by atoms with E-state index in [1.165, 1.54) is 35.2 Å². The number of carbonyl (C=O) groups excluding carboxylic acids is 1. The predicted octanol–water partition coefficient (Wildman–Crippen LogP) is 3.86. The second kappa shape index (κ2) is 9.40. The third-order valence-corrected chi connectivity index (χ3v) is 7.19. The predicted molar refractivity (Wildman–Crippen MR) is 103 cm³/mol. The molecule has 0 fully saturated rings. The Kier molecular flexibility index (Phi) is 6.94. The molecule has 0 unspecified atom stereocenters. The van der Waals surface area contributed by atoms with Crippen molar-refractivity contribution in [3.8, 4) is 0 Å². The van der Waals surface area contributed by atoms with Gasteiger partial charge in [0.25, 0.3) is 5.91 Å². The molecule has 1 amide bonds. The Morgan fingerprint density at radius 3 is 2.54 bits per heavy atom. The number of benzene rings is 1. The SMILES string of the molecule is CCSc1nnc(SCc2nnc(C(=O)NCc3ccc(F)cc3)s2)s1. The normalized spacial score (nSPS) is 10.8. The first-order chi connectivity index (χ1) is 12.6. The minimum Gasteiger partial charge on any atom is -0.346 e.